The summed E-state index contributed by atoms with van der Waals surface area (Å²) in [5, 5.41) is 19.8. The Kier molecular flexibility index (Phi) is 4.20. The third kappa shape index (κ3) is 2.45. The SMILES string of the molecule is COC(=O)C(O)c1cc(Cl)c(C)c(OC)c1O. The molecule has 0 fully saturated rings. The van der Waals surface area contributed by atoms with Crippen LogP contribution in [0.25, 0.3) is 0 Å². The van der Waals surface area contributed by atoms with Gasteiger partial charge in [0.2, 0.25) is 0 Å². The normalized spacial score (nSPS) is 12.1. The zero-order valence-electron chi connectivity index (χ0n) is 9.65. The Balaban J connectivity index is 3.35. The molecule has 1 rings (SSSR count). The Bertz CT molecular complexity index is 444. The predicted octanol–water partition coefficient (Wildman–Crippen LogP) is 1.57. The van der Waals surface area contributed by atoms with E-state index in [1.165, 1.54) is 13.2 Å². The third-order valence-electron chi connectivity index (χ3n) is 2.39. The average molecular weight is 261 g/mol. The standard InChI is InChI=1S/C11H13ClO5/c1-5-7(12)4-6(8(13)10(5)16-2)9(14)11(15)17-3/h4,9,13-14H,1-3H3. The van der Waals surface area contributed by atoms with Gasteiger partial charge < -0.3 is 19.7 Å². The van der Waals surface area contributed by atoms with E-state index in [0.717, 1.165) is 7.11 Å². The van der Waals surface area contributed by atoms with Gasteiger partial charge in [-0.1, -0.05) is 11.6 Å². The lowest BCUT2D eigenvalue weighted by Gasteiger charge is -2.15. The van der Waals surface area contributed by atoms with Crippen LogP contribution in [-0.4, -0.2) is 30.4 Å². The Labute approximate surface area is 104 Å². The van der Waals surface area contributed by atoms with Gasteiger partial charge in [0, 0.05) is 16.1 Å². The van der Waals surface area contributed by atoms with Crippen LogP contribution in [0.15, 0.2) is 6.07 Å². The minimum Gasteiger partial charge on any atom is -0.504 e. The number of carbonyl (C=O) groups is 1. The minimum absolute atomic E-state index is 0.0516. The number of carbonyl (C=O) groups excluding carboxylic acids is 1. The van der Waals surface area contributed by atoms with E-state index in [1.807, 2.05) is 0 Å². The molecule has 0 radical (unpaired) electrons. The van der Waals surface area contributed by atoms with E-state index in [2.05, 4.69) is 4.74 Å². The number of benzene rings is 1. The number of phenols is 1. The molecule has 0 bridgehead atoms. The summed E-state index contributed by atoms with van der Waals surface area (Å²) in [7, 11) is 2.49. The van der Waals surface area contributed by atoms with Crippen molar-refractivity contribution in [1.29, 1.82) is 0 Å². The molecule has 1 atom stereocenters. The number of halogens is 1. The summed E-state index contributed by atoms with van der Waals surface area (Å²) in [5.41, 5.74) is 0.469. The largest absolute Gasteiger partial charge is 0.504 e. The monoisotopic (exact) mass is 260 g/mol. The van der Waals surface area contributed by atoms with Crippen molar-refractivity contribution in [2.75, 3.05) is 14.2 Å². The second-order valence-electron chi connectivity index (χ2n) is 3.38. The zero-order chi connectivity index (χ0) is 13.2. The van der Waals surface area contributed by atoms with Gasteiger partial charge in [-0.25, -0.2) is 4.79 Å². The van der Waals surface area contributed by atoms with Gasteiger partial charge in [-0.05, 0) is 13.0 Å². The number of aromatic hydroxyl groups is 1. The minimum atomic E-state index is -1.60. The second kappa shape index (κ2) is 5.25. The Morgan fingerprint density at radius 1 is 1.47 bits per heavy atom. The fraction of sp³-hybridized carbons (Fsp3) is 0.364. The molecule has 1 aromatic carbocycles. The van der Waals surface area contributed by atoms with E-state index in [4.69, 9.17) is 16.3 Å². The van der Waals surface area contributed by atoms with Gasteiger partial charge in [-0.2, -0.15) is 0 Å². The summed E-state index contributed by atoms with van der Waals surface area (Å²) in [4.78, 5) is 11.2. The van der Waals surface area contributed by atoms with Gasteiger partial charge in [0.1, 0.15) is 0 Å². The maximum Gasteiger partial charge on any atom is 0.339 e. The number of hydrogen-bond donors (Lipinski definition) is 2. The molecule has 0 aliphatic carbocycles. The van der Waals surface area contributed by atoms with Crippen molar-refractivity contribution >= 4 is 17.6 Å². The van der Waals surface area contributed by atoms with Crippen molar-refractivity contribution in [2.24, 2.45) is 0 Å². The average Bonchev–Trinajstić information content (AvgIpc) is 2.32. The van der Waals surface area contributed by atoms with Crippen LogP contribution in [0.1, 0.15) is 17.2 Å². The molecule has 0 saturated heterocycles. The molecule has 2 N–H and O–H groups in total. The molecule has 0 spiro atoms. The molecule has 6 heteroatoms. The first-order chi connectivity index (χ1) is 7.93. The van der Waals surface area contributed by atoms with Crippen molar-refractivity contribution in [2.45, 2.75) is 13.0 Å². The number of ether oxygens (including phenoxy) is 2. The zero-order valence-corrected chi connectivity index (χ0v) is 10.4. The van der Waals surface area contributed by atoms with Crippen molar-refractivity contribution in [3.63, 3.8) is 0 Å². The summed E-state index contributed by atoms with van der Waals surface area (Å²) < 4.78 is 9.34. The van der Waals surface area contributed by atoms with Gasteiger partial charge in [0.15, 0.2) is 17.6 Å². The molecule has 5 nitrogen and oxygen atoms in total. The highest BCUT2D eigenvalue weighted by Gasteiger charge is 2.25. The van der Waals surface area contributed by atoms with Gasteiger partial charge in [0.25, 0.3) is 0 Å². The topological polar surface area (TPSA) is 76.0 Å². The maximum atomic E-state index is 11.2. The molecule has 0 aliphatic rings. The third-order valence-corrected chi connectivity index (χ3v) is 2.79. The lowest BCUT2D eigenvalue weighted by Crippen LogP contribution is -2.14. The van der Waals surface area contributed by atoms with E-state index in [9.17, 15) is 15.0 Å². The number of hydrogen-bond acceptors (Lipinski definition) is 5. The molecule has 0 amide bonds. The summed E-state index contributed by atoms with van der Waals surface area (Å²) >= 11 is 5.91. The van der Waals surface area contributed by atoms with Crippen LogP contribution in [-0.2, 0) is 9.53 Å². The Hall–Kier alpha value is -1.46. The molecule has 94 valence electrons. The molecule has 17 heavy (non-hydrogen) atoms. The molecular weight excluding hydrogens is 248 g/mol. The molecule has 0 saturated carbocycles. The smallest absolute Gasteiger partial charge is 0.339 e. The lowest BCUT2D eigenvalue weighted by molar-refractivity contribution is -0.150. The summed E-state index contributed by atoms with van der Waals surface area (Å²) in [6, 6.07) is 1.30. The first kappa shape index (κ1) is 13.6. The first-order valence-electron chi connectivity index (χ1n) is 4.75. The van der Waals surface area contributed by atoms with E-state index in [0.29, 0.717) is 5.56 Å². The summed E-state index contributed by atoms with van der Waals surface area (Å²) in [6.45, 7) is 1.65. The predicted molar refractivity (Wildman–Crippen MR) is 61.4 cm³/mol. The van der Waals surface area contributed by atoms with E-state index < -0.39 is 12.1 Å². The van der Waals surface area contributed by atoms with E-state index >= 15 is 0 Å². The highest BCUT2D eigenvalue weighted by atomic mass is 35.5. The van der Waals surface area contributed by atoms with Gasteiger partial charge >= 0.3 is 5.97 Å². The van der Waals surface area contributed by atoms with E-state index in [1.54, 1.807) is 6.92 Å². The number of aliphatic hydroxyl groups is 1. The number of aliphatic hydroxyl groups excluding tert-OH is 1. The Morgan fingerprint density at radius 3 is 2.53 bits per heavy atom. The number of methoxy groups -OCH3 is 2. The highest BCUT2D eigenvalue weighted by molar-refractivity contribution is 6.31. The van der Waals surface area contributed by atoms with Crippen molar-refractivity contribution < 1.29 is 24.5 Å². The molecule has 0 aromatic heterocycles. The van der Waals surface area contributed by atoms with Crippen LogP contribution in [0.3, 0.4) is 0 Å². The fourth-order valence-corrected chi connectivity index (χ4v) is 1.63. The second-order valence-corrected chi connectivity index (χ2v) is 3.79. The van der Waals surface area contributed by atoms with Crippen LogP contribution in [0, 0.1) is 6.92 Å². The van der Waals surface area contributed by atoms with Gasteiger partial charge in [-0.3, -0.25) is 0 Å². The summed E-state index contributed by atoms with van der Waals surface area (Å²) in [5.74, 6) is -1.09. The van der Waals surface area contributed by atoms with Crippen LogP contribution in [0.5, 0.6) is 11.5 Å². The Morgan fingerprint density at radius 2 is 2.06 bits per heavy atom. The van der Waals surface area contributed by atoms with Crippen molar-refractivity contribution in [3.8, 4) is 11.5 Å². The quantitative estimate of drug-likeness (QED) is 0.807. The fourth-order valence-electron chi connectivity index (χ4n) is 1.43. The molecular formula is C11H13ClO5. The highest BCUT2D eigenvalue weighted by Crippen LogP contribution is 2.40. The number of esters is 1. The van der Waals surface area contributed by atoms with Gasteiger partial charge in [-0.15, -0.1) is 0 Å². The lowest BCUT2D eigenvalue weighted by atomic mass is 10.0. The maximum absolute atomic E-state index is 11.2. The number of phenolic OH excluding ortho intramolecular Hbond substituents is 1. The molecule has 0 aliphatic heterocycles. The first-order valence-corrected chi connectivity index (χ1v) is 5.13. The van der Waals surface area contributed by atoms with Gasteiger partial charge in [0.05, 0.1) is 14.2 Å². The molecule has 0 heterocycles. The van der Waals surface area contributed by atoms with Crippen LogP contribution < -0.4 is 4.74 Å². The summed E-state index contributed by atoms with van der Waals surface area (Å²) in [6.07, 6.45) is -1.60. The van der Waals surface area contributed by atoms with Crippen LogP contribution in [0.2, 0.25) is 5.02 Å². The number of rotatable bonds is 3. The van der Waals surface area contributed by atoms with Crippen molar-refractivity contribution in [1.82, 2.24) is 0 Å². The van der Waals surface area contributed by atoms with Crippen molar-refractivity contribution in [3.05, 3.63) is 22.2 Å². The molecule has 1 aromatic rings. The van der Waals surface area contributed by atoms with Crippen LogP contribution >= 0.6 is 11.6 Å². The van der Waals surface area contributed by atoms with E-state index in [-0.39, 0.29) is 22.1 Å². The molecule has 1 unspecified atom stereocenters. The van der Waals surface area contributed by atoms with Crippen LogP contribution in [0.4, 0.5) is 0 Å².